The molecular formula is C10H8BrFN2S. The van der Waals surface area contributed by atoms with Crippen molar-refractivity contribution in [3.8, 4) is 10.6 Å². The van der Waals surface area contributed by atoms with Gasteiger partial charge in [-0.1, -0.05) is 12.1 Å². The fourth-order valence-corrected chi connectivity index (χ4v) is 2.77. The first-order valence-corrected chi connectivity index (χ1v) is 5.93. The molecule has 1 aromatic heterocycles. The van der Waals surface area contributed by atoms with E-state index in [1.807, 2.05) is 0 Å². The third-order valence-electron chi connectivity index (χ3n) is 1.95. The summed E-state index contributed by atoms with van der Waals surface area (Å²) in [4.78, 5) is 4.27. The van der Waals surface area contributed by atoms with Crippen LogP contribution >= 0.6 is 27.3 Å². The zero-order chi connectivity index (χ0) is 10.8. The molecule has 0 saturated heterocycles. The molecular weight excluding hydrogens is 279 g/mol. The van der Waals surface area contributed by atoms with Crippen molar-refractivity contribution in [2.45, 2.75) is 6.54 Å². The molecule has 0 aliphatic rings. The number of aromatic nitrogens is 1. The maximum atomic E-state index is 13.4. The molecule has 0 unspecified atom stereocenters. The van der Waals surface area contributed by atoms with Crippen LogP contribution in [0.5, 0.6) is 0 Å². The fraction of sp³-hybridized carbons (Fsp3) is 0.100. The zero-order valence-electron chi connectivity index (χ0n) is 7.71. The van der Waals surface area contributed by atoms with E-state index < -0.39 is 0 Å². The number of nitrogens with zero attached hydrogens (tertiary/aromatic N) is 1. The molecule has 0 bridgehead atoms. The third-order valence-corrected chi connectivity index (χ3v) is 3.81. The van der Waals surface area contributed by atoms with Gasteiger partial charge in [0, 0.05) is 12.1 Å². The Morgan fingerprint density at radius 1 is 1.40 bits per heavy atom. The van der Waals surface area contributed by atoms with Crippen molar-refractivity contribution in [2.75, 3.05) is 0 Å². The number of nitrogens with two attached hydrogens (primary N) is 1. The summed E-state index contributed by atoms with van der Waals surface area (Å²) in [7, 11) is 0. The van der Waals surface area contributed by atoms with Gasteiger partial charge in [-0.2, -0.15) is 0 Å². The summed E-state index contributed by atoms with van der Waals surface area (Å²) in [6.45, 7) is 0.353. The standard InChI is InChI=1S/C10H8BrFN2S/c11-9-8(5-13)14-10(15-9)6-3-1-2-4-7(6)12/h1-4H,5,13H2. The van der Waals surface area contributed by atoms with Crippen LogP contribution in [-0.2, 0) is 6.54 Å². The van der Waals surface area contributed by atoms with Gasteiger partial charge in [-0.15, -0.1) is 11.3 Å². The van der Waals surface area contributed by atoms with Crippen LogP contribution < -0.4 is 5.73 Å². The van der Waals surface area contributed by atoms with E-state index in [9.17, 15) is 4.39 Å². The number of thiazole rings is 1. The molecule has 0 fully saturated rings. The van der Waals surface area contributed by atoms with Gasteiger partial charge in [-0.3, -0.25) is 0 Å². The summed E-state index contributed by atoms with van der Waals surface area (Å²) >= 11 is 4.74. The number of rotatable bonds is 2. The van der Waals surface area contributed by atoms with E-state index in [0.717, 1.165) is 9.48 Å². The minimum atomic E-state index is -0.262. The average Bonchev–Trinajstić information content (AvgIpc) is 2.60. The number of hydrogen-bond donors (Lipinski definition) is 1. The lowest BCUT2D eigenvalue weighted by molar-refractivity contribution is 0.631. The van der Waals surface area contributed by atoms with Gasteiger partial charge in [-0.05, 0) is 28.1 Å². The minimum Gasteiger partial charge on any atom is -0.325 e. The van der Waals surface area contributed by atoms with E-state index in [0.29, 0.717) is 17.1 Å². The van der Waals surface area contributed by atoms with Crippen LogP contribution in [0.1, 0.15) is 5.69 Å². The van der Waals surface area contributed by atoms with Crippen molar-refractivity contribution in [1.82, 2.24) is 4.98 Å². The maximum absolute atomic E-state index is 13.4. The Morgan fingerprint density at radius 3 is 2.73 bits per heavy atom. The molecule has 15 heavy (non-hydrogen) atoms. The normalized spacial score (nSPS) is 10.6. The highest BCUT2D eigenvalue weighted by Crippen LogP contribution is 2.32. The smallest absolute Gasteiger partial charge is 0.133 e. The van der Waals surface area contributed by atoms with Crippen LogP contribution in [0.15, 0.2) is 28.1 Å². The first kappa shape index (κ1) is 10.7. The highest BCUT2D eigenvalue weighted by atomic mass is 79.9. The van der Waals surface area contributed by atoms with Gasteiger partial charge >= 0.3 is 0 Å². The van der Waals surface area contributed by atoms with Gasteiger partial charge in [0.25, 0.3) is 0 Å². The molecule has 1 heterocycles. The molecule has 0 atom stereocenters. The van der Waals surface area contributed by atoms with E-state index in [4.69, 9.17) is 5.73 Å². The lowest BCUT2D eigenvalue weighted by Gasteiger charge is -1.96. The van der Waals surface area contributed by atoms with E-state index in [1.54, 1.807) is 18.2 Å². The minimum absolute atomic E-state index is 0.262. The summed E-state index contributed by atoms with van der Waals surface area (Å²) in [5.41, 5.74) is 6.78. The predicted molar refractivity (Wildman–Crippen MR) is 63.1 cm³/mol. The molecule has 0 aliphatic carbocycles. The van der Waals surface area contributed by atoms with Gasteiger partial charge in [0.2, 0.25) is 0 Å². The lowest BCUT2D eigenvalue weighted by atomic mass is 10.2. The summed E-state index contributed by atoms with van der Waals surface area (Å²) < 4.78 is 14.3. The molecule has 2 aromatic rings. The van der Waals surface area contributed by atoms with E-state index in [1.165, 1.54) is 17.4 Å². The Hall–Kier alpha value is -0.780. The second-order valence-electron chi connectivity index (χ2n) is 2.92. The topological polar surface area (TPSA) is 38.9 Å². The largest absolute Gasteiger partial charge is 0.325 e. The van der Waals surface area contributed by atoms with Crippen LogP contribution in [0.25, 0.3) is 10.6 Å². The summed E-state index contributed by atoms with van der Waals surface area (Å²) in [5, 5.41) is 0.653. The van der Waals surface area contributed by atoms with Gasteiger partial charge in [0.15, 0.2) is 0 Å². The van der Waals surface area contributed by atoms with Crippen molar-refractivity contribution in [3.63, 3.8) is 0 Å². The van der Waals surface area contributed by atoms with Crippen LogP contribution in [0.3, 0.4) is 0 Å². The van der Waals surface area contributed by atoms with Crippen molar-refractivity contribution >= 4 is 27.3 Å². The van der Waals surface area contributed by atoms with Crippen LogP contribution in [0.2, 0.25) is 0 Å². The van der Waals surface area contributed by atoms with Gasteiger partial charge in [0.05, 0.1) is 9.48 Å². The Bertz CT molecular complexity index is 484. The Labute approximate surface area is 99.1 Å². The second-order valence-corrected chi connectivity index (χ2v) is 5.24. The fourth-order valence-electron chi connectivity index (χ4n) is 1.21. The highest BCUT2D eigenvalue weighted by molar-refractivity contribution is 9.11. The lowest BCUT2D eigenvalue weighted by Crippen LogP contribution is -1.97. The van der Waals surface area contributed by atoms with Crippen LogP contribution in [0, 0.1) is 5.82 Å². The Kier molecular flexibility index (Phi) is 3.14. The van der Waals surface area contributed by atoms with Gasteiger partial charge in [0.1, 0.15) is 10.8 Å². The van der Waals surface area contributed by atoms with Crippen LogP contribution in [0.4, 0.5) is 4.39 Å². The van der Waals surface area contributed by atoms with Gasteiger partial charge < -0.3 is 5.73 Å². The van der Waals surface area contributed by atoms with Crippen molar-refractivity contribution in [2.24, 2.45) is 5.73 Å². The third kappa shape index (κ3) is 2.09. The SMILES string of the molecule is NCc1nc(-c2ccccc2F)sc1Br. The zero-order valence-corrected chi connectivity index (χ0v) is 10.1. The molecule has 0 saturated carbocycles. The number of halogens is 2. The number of benzene rings is 1. The maximum Gasteiger partial charge on any atom is 0.133 e. The first-order chi connectivity index (χ1) is 7.22. The quantitative estimate of drug-likeness (QED) is 0.921. The molecule has 0 radical (unpaired) electrons. The molecule has 0 aliphatic heterocycles. The monoisotopic (exact) mass is 286 g/mol. The molecule has 1 aromatic carbocycles. The molecule has 0 spiro atoms. The molecule has 2 N–H and O–H groups in total. The van der Waals surface area contributed by atoms with E-state index >= 15 is 0 Å². The summed E-state index contributed by atoms with van der Waals surface area (Å²) in [6.07, 6.45) is 0. The predicted octanol–water partition coefficient (Wildman–Crippen LogP) is 3.17. The molecule has 78 valence electrons. The van der Waals surface area contributed by atoms with E-state index in [-0.39, 0.29) is 5.82 Å². The highest BCUT2D eigenvalue weighted by Gasteiger charge is 2.11. The molecule has 2 nitrogen and oxygen atoms in total. The molecule has 0 amide bonds. The average molecular weight is 287 g/mol. The van der Waals surface area contributed by atoms with Crippen molar-refractivity contribution < 1.29 is 4.39 Å². The van der Waals surface area contributed by atoms with Crippen molar-refractivity contribution in [1.29, 1.82) is 0 Å². The second kappa shape index (κ2) is 4.38. The molecule has 2 rings (SSSR count). The van der Waals surface area contributed by atoms with Crippen molar-refractivity contribution in [3.05, 3.63) is 39.6 Å². The first-order valence-electron chi connectivity index (χ1n) is 4.32. The Morgan fingerprint density at radius 2 is 2.13 bits per heavy atom. The summed E-state index contributed by atoms with van der Waals surface area (Å²) in [6, 6.07) is 6.58. The van der Waals surface area contributed by atoms with Crippen LogP contribution in [-0.4, -0.2) is 4.98 Å². The number of hydrogen-bond acceptors (Lipinski definition) is 3. The van der Waals surface area contributed by atoms with E-state index in [2.05, 4.69) is 20.9 Å². The summed E-state index contributed by atoms with van der Waals surface area (Å²) in [5.74, 6) is -0.262. The molecule has 5 heteroatoms. The Balaban J connectivity index is 2.50. The van der Waals surface area contributed by atoms with Gasteiger partial charge in [-0.25, -0.2) is 9.37 Å².